The summed E-state index contributed by atoms with van der Waals surface area (Å²) >= 11 is 0.207. The summed E-state index contributed by atoms with van der Waals surface area (Å²) in [6, 6.07) is 4.79. The normalized spacial score (nSPS) is 12.0. The molecule has 1 aromatic rings. The van der Waals surface area contributed by atoms with Crippen LogP contribution in [0.3, 0.4) is 0 Å². The van der Waals surface area contributed by atoms with Crippen molar-refractivity contribution in [2.24, 2.45) is 0 Å². The van der Waals surface area contributed by atoms with Crippen molar-refractivity contribution >= 4 is 29.7 Å². The molecule has 0 bridgehead atoms. The standard InChI is InChI=1S/C15H18F2N2O4S/c1-8(2)18-15(22)19-12(20)9(3)23-13(21)10-6-4-5-7-11(10)24-14(16)17/h4-9,14H,1-3H3,(H2,18,19,20,22)/t9-/m1/s1. The number of halogens is 2. The molecule has 6 nitrogen and oxygen atoms in total. The number of nitrogens with one attached hydrogen (secondary N) is 2. The lowest BCUT2D eigenvalue weighted by atomic mass is 10.2. The van der Waals surface area contributed by atoms with Crippen LogP contribution in [0.2, 0.25) is 0 Å². The van der Waals surface area contributed by atoms with E-state index in [0.717, 1.165) is 0 Å². The fourth-order valence-corrected chi connectivity index (χ4v) is 2.25. The lowest BCUT2D eigenvalue weighted by Gasteiger charge is -2.15. The monoisotopic (exact) mass is 360 g/mol. The van der Waals surface area contributed by atoms with Crippen molar-refractivity contribution in [1.82, 2.24) is 10.6 Å². The summed E-state index contributed by atoms with van der Waals surface area (Å²) in [7, 11) is 0. The van der Waals surface area contributed by atoms with E-state index in [1.54, 1.807) is 13.8 Å². The van der Waals surface area contributed by atoms with Crippen LogP contribution < -0.4 is 10.6 Å². The summed E-state index contributed by atoms with van der Waals surface area (Å²) in [5.74, 6) is -4.44. The van der Waals surface area contributed by atoms with Gasteiger partial charge in [-0.05, 0) is 32.9 Å². The molecular formula is C15H18F2N2O4S. The maximum atomic E-state index is 12.5. The first-order chi connectivity index (χ1) is 11.2. The van der Waals surface area contributed by atoms with E-state index < -0.39 is 29.8 Å². The van der Waals surface area contributed by atoms with Crippen LogP contribution in [0.4, 0.5) is 13.6 Å². The maximum Gasteiger partial charge on any atom is 0.340 e. The van der Waals surface area contributed by atoms with Crippen molar-refractivity contribution in [3.8, 4) is 0 Å². The van der Waals surface area contributed by atoms with E-state index in [0.29, 0.717) is 0 Å². The number of alkyl halides is 2. The Kier molecular flexibility index (Phi) is 7.63. The average Bonchev–Trinajstić information content (AvgIpc) is 2.45. The maximum absolute atomic E-state index is 12.5. The number of carbonyl (C=O) groups excluding carboxylic acids is 3. The third-order valence-corrected chi connectivity index (χ3v) is 3.42. The molecule has 0 radical (unpaired) electrons. The van der Waals surface area contributed by atoms with Crippen LogP contribution in [0.25, 0.3) is 0 Å². The van der Waals surface area contributed by atoms with Crippen LogP contribution in [0.15, 0.2) is 29.2 Å². The van der Waals surface area contributed by atoms with Gasteiger partial charge in [-0.1, -0.05) is 23.9 Å². The minimum atomic E-state index is -2.69. The van der Waals surface area contributed by atoms with Gasteiger partial charge in [-0.15, -0.1) is 0 Å². The minimum Gasteiger partial charge on any atom is -0.449 e. The third kappa shape index (κ3) is 6.53. The van der Waals surface area contributed by atoms with E-state index in [2.05, 4.69) is 5.32 Å². The Morgan fingerprint density at radius 3 is 2.33 bits per heavy atom. The summed E-state index contributed by atoms with van der Waals surface area (Å²) < 4.78 is 29.9. The number of carbonyl (C=O) groups is 3. The van der Waals surface area contributed by atoms with E-state index in [4.69, 9.17) is 4.74 Å². The molecule has 0 aliphatic rings. The Labute approximate surface area is 142 Å². The summed E-state index contributed by atoms with van der Waals surface area (Å²) in [6.07, 6.45) is -1.26. The summed E-state index contributed by atoms with van der Waals surface area (Å²) in [5, 5.41) is 4.47. The van der Waals surface area contributed by atoms with Crippen molar-refractivity contribution in [3.63, 3.8) is 0 Å². The smallest absolute Gasteiger partial charge is 0.340 e. The first-order valence-electron chi connectivity index (χ1n) is 7.07. The number of urea groups is 1. The molecule has 0 saturated carbocycles. The van der Waals surface area contributed by atoms with Gasteiger partial charge in [-0.25, -0.2) is 9.59 Å². The zero-order valence-corrected chi connectivity index (χ0v) is 14.2. The predicted octanol–water partition coefficient (Wildman–Crippen LogP) is 2.78. The highest BCUT2D eigenvalue weighted by molar-refractivity contribution is 7.99. The second-order valence-electron chi connectivity index (χ2n) is 5.04. The molecule has 0 aliphatic heterocycles. The topological polar surface area (TPSA) is 84.5 Å². The van der Waals surface area contributed by atoms with E-state index >= 15 is 0 Å². The quantitative estimate of drug-likeness (QED) is 0.602. The second kappa shape index (κ2) is 9.21. The number of amides is 3. The molecule has 0 saturated heterocycles. The Bertz CT molecular complexity index is 611. The SMILES string of the molecule is CC(C)NC(=O)NC(=O)[C@@H](C)OC(=O)c1ccccc1SC(F)F. The van der Waals surface area contributed by atoms with Gasteiger partial charge in [0, 0.05) is 10.9 Å². The molecule has 0 unspecified atom stereocenters. The number of ether oxygens (including phenoxy) is 1. The van der Waals surface area contributed by atoms with Crippen molar-refractivity contribution in [2.45, 2.75) is 43.6 Å². The number of esters is 1. The molecule has 0 spiro atoms. The van der Waals surface area contributed by atoms with Crippen LogP contribution >= 0.6 is 11.8 Å². The number of rotatable bonds is 6. The number of hydrogen-bond donors (Lipinski definition) is 2. The van der Waals surface area contributed by atoms with Crippen molar-refractivity contribution in [1.29, 1.82) is 0 Å². The molecule has 0 heterocycles. The lowest BCUT2D eigenvalue weighted by molar-refractivity contribution is -0.127. The Morgan fingerprint density at radius 1 is 1.12 bits per heavy atom. The fraction of sp³-hybridized carbons (Fsp3) is 0.400. The van der Waals surface area contributed by atoms with Crippen molar-refractivity contribution in [2.75, 3.05) is 0 Å². The highest BCUT2D eigenvalue weighted by atomic mass is 32.2. The largest absolute Gasteiger partial charge is 0.449 e. The average molecular weight is 360 g/mol. The van der Waals surface area contributed by atoms with Gasteiger partial charge in [0.05, 0.1) is 5.56 Å². The number of imide groups is 1. The molecule has 9 heteroatoms. The van der Waals surface area contributed by atoms with Crippen LogP contribution in [0.1, 0.15) is 31.1 Å². The van der Waals surface area contributed by atoms with E-state index in [1.165, 1.54) is 31.2 Å². The zero-order chi connectivity index (χ0) is 18.3. The Hall–Kier alpha value is -2.16. The van der Waals surface area contributed by atoms with Gasteiger partial charge in [-0.3, -0.25) is 10.1 Å². The summed E-state index contributed by atoms with van der Waals surface area (Å²) in [6.45, 7) is 4.70. The summed E-state index contributed by atoms with van der Waals surface area (Å²) in [4.78, 5) is 35.3. The third-order valence-electron chi connectivity index (χ3n) is 2.63. The van der Waals surface area contributed by atoms with Gasteiger partial charge < -0.3 is 10.1 Å². The highest BCUT2D eigenvalue weighted by Gasteiger charge is 2.23. The first kappa shape index (κ1) is 19.9. The molecule has 1 rings (SSSR count). The molecular weight excluding hydrogens is 342 g/mol. The van der Waals surface area contributed by atoms with Gasteiger partial charge in [0.2, 0.25) is 0 Å². The van der Waals surface area contributed by atoms with E-state index in [1.807, 2.05) is 5.32 Å². The van der Waals surface area contributed by atoms with Gasteiger partial charge in [0.25, 0.3) is 11.7 Å². The van der Waals surface area contributed by atoms with Crippen molar-refractivity contribution < 1.29 is 27.9 Å². The minimum absolute atomic E-state index is 0.0441. The van der Waals surface area contributed by atoms with Crippen LogP contribution in [-0.4, -0.2) is 35.8 Å². The van der Waals surface area contributed by atoms with Crippen LogP contribution in [0.5, 0.6) is 0 Å². The first-order valence-corrected chi connectivity index (χ1v) is 7.94. The number of hydrogen-bond acceptors (Lipinski definition) is 5. The Morgan fingerprint density at radius 2 is 1.75 bits per heavy atom. The van der Waals surface area contributed by atoms with Gasteiger partial charge in [0.15, 0.2) is 6.10 Å². The van der Waals surface area contributed by atoms with Crippen LogP contribution in [-0.2, 0) is 9.53 Å². The molecule has 1 aromatic carbocycles. The molecule has 3 amide bonds. The number of benzene rings is 1. The number of thioether (sulfide) groups is 1. The highest BCUT2D eigenvalue weighted by Crippen LogP contribution is 2.28. The van der Waals surface area contributed by atoms with Crippen LogP contribution in [0, 0.1) is 0 Å². The summed E-state index contributed by atoms with van der Waals surface area (Å²) in [5.41, 5.74) is -0.0749. The van der Waals surface area contributed by atoms with E-state index in [-0.39, 0.29) is 28.3 Å². The lowest BCUT2D eigenvalue weighted by Crippen LogP contribution is -2.46. The van der Waals surface area contributed by atoms with E-state index in [9.17, 15) is 23.2 Å². The zero-order valence-electron chi connectivity index (χ0n) is 13.3. The molecule has 0 aliphatic carbocycles. The fourth-order valence-electron chi connectivity index (χ4n) is 1.62. The predicted molar refractivity (Wildman–Crippen MR) is 85.0 cm³/mol. The molecule has 0 aromatic heterocycles. The van der Waals surface area contributed by atoms with Gasteiger partial charge in [-0.2, -0.15) is 8.78 Å². The molecule has 1 atom stereocenters. The molecule has 132 valence electrons. The molecule has 0 fully saturated rings. The van der Waals surface area contributed by atoms with Crippen molar-refractivity contribution in [3.05, 3.63) is 29.8 Å². The molecule has 24 heavy (non-hydrogen) atoms. The molecule has 2 N–H and O–H groups in total. The second-order valence-corrected chi connectivity index (χ2v) is 6.07. The van der Waals surface area contributed by atoms with Gasteiger partial charge in [0.1, 0.15) is 0 Å². The Balaban J connectivity index is 2.70. The van der Waals surface area contributed by atoms with Gasteiger partial charge >= 0.3 is 12.0 Å².